The number of ether oxygens (including phenoxy) is 1. The molecule has 2 saturated heterocycles. The molecule has 4 nitrogen and oxygen atoms in total. The topological polar surface area (TPSA) is 55.6 Å². The Morgan fingerprint density at radius 3 is 2.50 bits per heavy atom. The molecular formula is C18H32N2O2. The highest BCUT2D eigenvalue weighted by atomic mass is 16.5. The van der Waals surface area contributed by atoms with Crippen molar-refractivity contribution in [1.82, 2.24) is 4.90 Å². The molecule has 2 N–H and O–H groups in total. The predicted molar refractivity (Wildman–Crippen MR) is 87.4 cm³/mol. The third kappa shape index (κ3) is 2.06. The molecule has 1 saturated carbocycles. The van der Waals surface area contributed by atoms with Crippen LogP contribution in [0.4, 0.5) is 0 Å². The van der Waals surface area contributed by atoms with Crippen molar-refractivity contribution in [2.24, 2.45) is 22.5 Å². The minimum Gasteiger partial charge on any atom is -0.377 e. The van der Waals surface area contributed by atoms with Crippen LogP contribution in [-0.4, -0.2) is 42.1 Å². The zero-order valence-corrected chi connectivity index (χ0v) is 14.7. The van der Waals surface area contributed by atoms with Crippen molar-refractivity contribution >= 4 is 5.91 Å². The van der Waals surface area contributed by atoms with E-state index in [-0.39, 0.29) is 23.3 Å². The van der Waals surface area contributed by atoms with Crippen molar-refractivity contribution in [1.29, 1.82) is 0 Å². The standard InChI is InChI=1S/C18H32N2O2/c1-5-17(4)8-10-20(11-9-17)15(21)18(19)13-7-6-12-22-14(13)16(18,2)3/h13-14H,5-12,19H2,1-4H3. The van der Waals surface area contributed by atoms with Crippen molar-refractivity contribution in [2.75, 3.05) is 19.7 Å². The fourth-order valence-electron chi connectivity index (χ4n) is 4.87. The Hall–Kier alpha value is -0.610. The molecule has 0 spiro atoms. The molecule has 0 aromatic carbocycles. The van der Waals surface area contributed by atoms with Crippen LogP contribution in [0.1, 0.15) is 59.8 Å². The Labute approximate surface area is 134 Å². The molecule has 4 heteroatoms. The molecule has 22 heavy (non-hydrogen) atoms. The molecule has 3 unspecified atom stereocenters. The molecule has 3 fully saturated rings. The van der Waals surface area contributed by atoms with Gasteiger partial charge < -0.3 is 15.4 Å². The first-order valence-corrected chi connectivity index (χ1v) is 8.96. The van der Waals surface area contributed by atoms with Gasteiger partial charge in [-0.25, -0.2) is 0 Å². The van der Waals surface area contributed by atoms with Crippen LogP contribution >= 0.6 is 0 Å². The molecule has 0 radical (unpaired) electrons. The van der Waals surface area contributed by atoms with Gasteiger partial charge in [0.25, 0.3) is 0 Å². The SMILES string of the molecule is CCC1(C)CCN(C(=O)C2(N)C3CCCOC3C2(C)C)CC1. The van der Waals surface area contributed by atoms with E-state index in [9.17, 15) is 4.79 Å². The van der Waals surface area contributed by atoms with Crippen LogP contribution in [0, 0.1) is 16.7 Å². The minimum atomic E-state index is -0.738. The summed E-state index contributed by atoms with van der Waals surface area (Å²) in [7, 11) is 0. The molecule has 0 aromatic heterocycles. The summed E-state index contributed by atoms with van der Waals surface area (Å²) < 4.78 is 5.92. The van der Waals surface area contributed by atoms with Crippen molar-refractivity contribution in [2.45, 2.75) is 71.4 Å². The number of nitrogens with two attached hydrogens (primary N) is 1. The van der Waals surface area contributed by atoms with E-state index in [4.69, 9.17) is 10.5 Å². The van der Waals surface area contributed by atoms with E-state index in [1.165, 1.54) is 6.42 Å². The summed E-state index contributed by atoms with van der Waals surface area (Å²) in [5.41, 5.74) is 6.13. The quantitative estimate of drug-likeness (QED) is 0.853. The summed E-state index contributed by atoms with van der Waals surface area (Å²) >= 11 is 0. The fraction of sp³-hybridized carbons (Fsp3) is 0.944. The van der Waals surface area contributed by atoms with Gasteiger partial charge in [0.05, 0.1) is 6.10 Å². The maximum atomic E-state index is 13.2. The molecule has 0 bridgehead atoms. The molecule has 3 rings (SSSR count). The highest BCUT2D eigenvalue weighted by Crippen LogP contribution is 2.58. The third-order valence-corrected chi connectivity index (χ3v) is 7.15. The smallest absolute Gasteiger partial charge is 0.243 e. The lowest BCUT2D eigenvalue weighted by Gasteiger charge is -2.66. The Kier molecular flexibility index (Phi) is 3.84. The number of hydrogen-bond donors (Lipinski definition) is 1. The molecule has 1 amide bonds. The first kappa shape index (κ1) is 16.3. The van der Waals surface area contributed by atoms with Gasteiger partial charge in [0, 0.05) is 31.0 Å². The van der Waals surface area contributed by atoms with Crippen LogP contribution in [0.2, 0.25) is 0 Å². The van der Waals surface area contributed by atoms with Gasteiger partial charge in [-0.15, -0.1) is 0 Å². The van der Waals surface area contributed by atoms with Gasteiger partial charge in [0.1, 0.15) is 5.54 Å². The minimum absolute atomic E-state index is 0.154. The Bertz CT molecular complexity index is 454. The second-order valence-electron chi connectivity index (χ2n) is 8.59. The van der Waals surface area contributed by atoms with Gasteiger partial charge in [-0.2, -0.15) is 0 Å². The third-order valence-electron chi connectivity index (χ3n) is 7.15. The number of hydrogen-bond acceptors (Lipinski definition) is 3. The number of carbonyl (C=O) groups is 1. The summed E-state index contributed by atoms with van der Waals surface area (Å²) in [5.74, 6) is 0.366. The van der Waals surface area contributed by atoms with E-state index < -0.39 is 5.54 Å². The number of rotatable bonds is 2. The fourth-order valence-corrected chi connectivity index (χ4v) is 4.87. The second kappa shape index (κ2) is 5.20. The Morgan fingerprint density at radius 1 is 1.27 bits per heavy atom. The average Bonchev–Trinajstić information content (AvgIpc) is 2.54. The Morgan fingerprint density at radius 2 is 1.91 bits per heavy atom. The molecule has 1 aliphatic carbocycles. The second-order valence-corrected chi connectivity index (χ2v) is 8.59. The maximum Gasteiger partial charge on any atom is 0.243 e. The number of amides is 1. The molecule has 2 aliphatic heterocycles. The summed E-state index contributed by atoms with van der Waals surface area (Å²) in [6, 6.07) is 0. The lowest BCUT2D eigenvalue weighted by molar-refractivity contribution is -0.230. The molecule has 3 atom stereocenters. The lowest BCUT2D eigenvalue weighted by Crippen LogP contribution is -2.82. The molecule has 3 aliphatic rings. The number of fused-ring (bicyclic) bond motifs is 1. The molecular weight excluding hydrogens is 276 g/mol. The van der Waals surface area contributed by atoms with Crippen molar-refractivity contribution in [3.8, 4) is 0 Å². The highest BCUT2D eigenvalue weighted by Gasteiger charge is 2.70. The zero-order chi connectivity index (χ0) is 16.2. The molecule has 2 heterocycles. The van der Waals surface area contributed by atoms with Gasteiger partial charge in [0.2, 0.25) is 5.91 Å². The van der Waals surface area contributed by atoms with E-state index in [2.05, 4.69) is 27.7 Å². The first-order chi connectivity index (χ1) is 10.3. The number of piperidine rings is 1. The number of carbonyl (C=O) groups excluding carboxylic acids is 1. The largest absolute Gasteiger partial charge is 0.377 e. The number of likely N-dealkylation sites (tertiary alicyclic amines) is 1. The predicted octanol–water partition coefficient (Wildman–Crippen LogP) is 2.56. The van der Waals surface area contributed by atoms with Crippen LogP contribution in [-0.2, 0) is 9.53 Å². The van der Waals surface area contributed by atoms with Crippen LogP contribution in [0.25, 0.3) is 0 Å². The first-order valence-electron chi connectivity index (χ1n) is 8.96. The summed E-state index contributed by atoms with van der Waals surface area (Å²) in [6.07, 6.45) is 5.58. The van der Waals surface area contributed by atoms with Gasteiger partial charge in [-0.3, -0.25) is 4.79 Å². The van der Waals surface area contributed by atoms with E-state index >= 15 is 0 Å². The van der Waals surface area contributed by atoms with Crippen molar-refractivity contribution < 1.29 is 9.53 Å². The van der Waals surface area contributed by atoms with Gasteiger partial charge >= 0.3 is 0 Å². The van der Waals surface area contributed by atoms with Crippen LogP contribution in [0.3, 0.4) is 0 Å². The van der Waals surface area contributed by atoms with E-state index in [0.717, 1.165) is 45.4 Å². The highest BCUT2D eigenvalue weighted by molar-refractivity contribution is 5.89. The van der Waals surface area contributed by atoms with Gasteiger partial charge in [-0.1, -0.05) is 34.1 Å². The van der Waals surface area contributed by atoms with E-state index in [1.807, 2.05) is 4.90 Å². The van der Waals surface area contributed by atoms with Gasteiger partial charge in [0.15, 0.2) is 0 Å². The maximum absolute atomic E-state index is 13.2. The summed E-state index contributed by atoms with van der Waals surface area (Å²) in [5, 5.41) is 0. The number of nitrogens with zero attached hydrogens (tertiary/aromatic N) is 1. The Balaban J connectivity index is 1.74. The monoisotopic (exact) mass is 308 g/mol. The molecule has 126 valence electrons. The van der Waals surface area contributed by atoms with E-state index in [1.54, 1.807) is 0 Å². The summed E-state index contributed by atoms with van der Waals surface area (Å²) in [4.78, 5) is 15.2. The van der Waals surface area contributed by atoms with Gasteiger partial charge in [-0.05, 0) is 31.1 Å². The normalized spacial score (nSPS) is 39.8. The zero-order valence-electron chi connectivity index (χ0n) is 14.7. The summed E-state index contributed by atoms with van der Waals surface area (Å²) in [6.45, 7) is 11.3. The van der Waals surface area contributed by atoms with Crippen molar-refractivity contribution in [3.63, 3.8) is 0 Å². The molecule has 0 aromatic rings. The lowest BCUT2D eigenvalue weighted by atomic mass is 9.46. The van der Waals surface area contributed by atoms with Crippen molar-refractivity contribution in [3.05, 3.63) is 0 Å². The van der Waals surface area contributed by atoms with E-state index in [0.29, 0.717) is 5.41 Å². The van der Waals surface area contributed by atoms with Crippen LogP contribution in [0.15, 0.2) is 0 Å². The average molecular weight is 308 g/mol. The van der Waals surface area contributed by atoms with Crippen LogP contribution in [0.5, 0.6) is 0 Å². The van der Waals surface area contributed by atoms with Crippen LogP contribution < -0.4 is 5.73 Å².